The van der Waals surface area contributed by atoms with Crippen LogP contribution < -0.4 is 10.1 Å². The Labute approximate surface area is 233 Å². The van der Waals surface area contributed by atoms with Crippen molar-refractivity contribution in [1.29, 1.82) is 0 Å². The normalized spacial score (nSPS) is 12.2. The van der Waals surface area contributed by atoms with E-state index in [0.717, 1.165) is 17.7 Å². The maximum Gasteiger partial charge on any atom is 0.416 e. The molecule has 4 aromatic carbocycles. The smallest absolute Gasteiger partial charge is 0.416 e. The summed E-state index contributed by atoms with van der Waals surface area (Å²) in [4.78, 5) is 12.7. The van der Waals surface area contributed by atoms with Crippen molar-refractivity contribution < 1.29 is 22.7 Å². The van der Waals surface area contributed by atoms with Crippen molar-refractivity contribution in [2.75, 3.05) is 0 Å². The SMILES string of the molecule is Cc1cc(C(=O)NCc2ccc(C(F)(F)F)cc2)ccc1OC(c1ccc(Cl)cc1)c1ccc(Cl)cc1Cl. The molecular formula is C29H21Cl3F3NO2. The van der Waals surface area contributed by atoms with Crippen molar-refractivity contribution in [2.45, 2.75) is 25.7 Å². The Morgan fingerprint density at radius 3 is 2.13 bits per heavy atom. The Balaban J connectivity index is 1.51. The summed E-state index contributed by atoms with van der Waals surface area (Å²) in [6, 6.07) is 22.0. The van der Waals surface area contributed by atoms with Crippen molar-refractivity contribution in [2.24, 2.45) is 0 Å². The minimum atomic E-state index is -4.41. The van der Waals surface area contributed by atoms with Gasteiger partial charge in [-0.3, -0.25) is 4.79 Å². The van der Waals surface area contributed by atoms with Crippen LogP contribution in [0.2, 0.25) is 15.1 Å². The lowest BCUT2D eigenvalue weighted by Crippen LogP contribution is -2.23. The molecule has 0 bridgehead atoms. The number of alkyl halides is 3. The van der Waals surface area contributed by atoms with E-state index in [1.54, 1.807) is 48.5 Å². The molecule has 0 aromatic heterocycles. The van der Waals surface area contributed by atoms with Gasteiger partial charge in [-0.1, -0.05) is 65.1 Å². The first kappa shape index (κ1) is 27.8. The van der Waals surface area contributed by atoms with Crippen LogP contribution in [0.4, 0.5) is 13.2 Å². The second-order valence-electron chi connectivity index (χ2n) is 8.57. The largest absolute Gasteiger partial charge is 0.481 e. The Morgan fingerprint density at radius 1 is 0.868 bits per heavy atom. The van der Waals surface area contributed by atoms with Gasteiger partial charge in [0.05, 0.1) is 5.56 Å². The van der Waals surface area contributed by atoms with Crippen LogP contribution >= 0.6 is 34.8 Å². The third-order valence-electron chi connectivity index (χ3n) is 5.83. The Morgan fingerprint density at radius 2 is 1.53 bits per heavy atom. The summed E-state index contributed by atoms with van der Waals surface area (Å²) in [7, 11) is 0. The maximum atomic E-state index is 12.8. The lowest BCUT2D eigenvalue weighted by molar-refractivity contribution is -0.137. The van der Waals surface area contributed by atoms with Gasteiger partial charge in [-0.2, -0.15) is 13.2 Å². The van der Waals surface area contributed by atoms with E-state index in [1.807, 2.05) is 19.1 Å². The first-order valence-corrected chi connectivity index (χ1v) is 12.6. The van der Waals surface area contributed by atoms with E-state index in [1.165, 1.54) is 12.1 Å². The molecule has 0 aliphatic heterocycles. The lowest BCUT2D eigenvalue weighted by atomic mass is 10.0. The molecule has 3 nitrogen and oxygen atoms in total. The van der Waals surface area contributed by atoms with Gasteiger partial charge in [0, 0.05) is 32.7 Å². The summed E-state index contributed by atoms with van der Waals surface area (Å²) in [5.74, 6) is 0.171. The van der Waals surface area contributed by atoms with Gasteiger partial charge in [-0.05, 0) is 78.2 Å². The number of hydrogen-bond donors (Lipinski definition) is 1. The quantitative estimate of drug-likeness (QED) is 0.238. The van der Waals surface area contributed by atoms with Gasteiger partial charge in [0.15, 0.2) is 6.10 Å². The molecule has 0 aliphatic carbocycles. The molecule has 1 N–H and O–H groups in total. The number of nitrogens with one attached hydrogen (secondary N) is 1. The molecule has 0 radical (unpaired) electrons. The summed E-state index contributed by atoms with van der Waals surface area (Å²) in [5.41, 5.74) is 2.42. The van der Waals surface area contributed by atoms with Crippen LogP contribution in [0.3, 0.4) is 0 Å². The second-order valence-corrected chi connectivity index (χ2v) is 9.85. The third kappa shape index (κ3) is 6.81. The zero-order valence-electron chi connectivity index (χ0n) is 20.0. The van der Waals surface area contributed by atoms with E-state index in [9.17, 15) is 18.0 Å². The number of amides is 1. The second kappa shape index (κ2) is 11.7. The summed E-state index contributed by atoms with van der Waals surface area (Å²) in [5, 5.41) is 4.24. The number of carbonyl (C=O) groups excluding carboxylic acids is 1. The molecule has 196 valence electrons. The first-order valence-electron chi connectivity index (χ1n) is 11.4. The highest BCUT2D eigenvalue weighted by Gasteiger charge is 2.30. The van der Waals surface area contributed by atoms with Gasteiger partial charge in [0.25, 0.3) is 5.91 Å². The summed E-state index contributed by atoms with van der Waals surface area (Å²) < 4.78 is 44.6. The maximum absolute atomic E-state index is 12.8. The van der Waals surface area contributed by atoms with Crippen molar-refractivity contribution in [3.05, 3.63) is 133 Å². The monoisotopic (exact) mass is 577 g/mol. The van der Waals surface area contributed by atoms with E-state index in [2.05, 4.69) is 5.32 Å². The van der Waals surface area contributed by atoms with Crippen molar-refractivity contribution >= 4 is 40.7 Å². The van der Waals surface area contributed by atoms with Crippen molar-refractivity contribution in [3.63, 3.8) is 0 Å². The number of benzene rings is 4. The summed E-state index contributed by atoms with van der Waals surface area (Å²) >= 11 is 18.6. The Kier molecular flexibility index (Phi) is 8.56. The van der Waals surface area contributed by atoms with Gasteiger partial charge in [0.2, 0.25) is 0 Å². The number of carbonyl (C=O) groups is 1. The highest BCUT2D eigenvalue weighted by atomic mass is 35.5. The van der Waals surface area contributed by atoms with Gasteiger partial charge in [0.1, 0.15) is 5.75 Å². The van der Waals surface area contributed by atoms with Gasteiger partial charge >= 0.3 is 6.18 Å². The molecule has 0 aliphatic rings. The molecular weight excluding hydrogens is 558 g/mol. The molecule has 4 aromatic rings. The van der Waals surface area contributed by atoms with E-state index < -0.39 is 17.8 Å². The van der Waals surface area contributed by atoms with Crippen LogP contribution in [0.15, 0.2) is 84.9 Å². The average Bonchev–Trinajstić information content (AvgIpc) is 2.87. The van der Waals surface area contributed by atoms with Gasteiger partial charge in [-0.25, -0.2) is 0 Å². The average molecular weight is 579 g/mol. The molecule has 1 amide bonds. The van der Waals surface area contributed by atoms with E-state index in [-0.39, 0.29) is 12.5 Å². The molecule has 1 unspecified atom stereocenters. The topological polar surface area (TPSA) is 38.3 Å². The van der Waals surface area contributed by atoms with Crippen LogP contribution in [0.25, 0.3) is 0 Å². The number of ether oxygens (including phenoxy) is 1. The number of rotatable bonds is 7. The molecule has 1 atom stereocenters. The minimum absolute atomic E-state index is 0.0853. The minimum Gasteiger partial charge on any atom is -0.481 e. The van der Waals surface area contributed by atoms with E-state index in [4.69, 9.17) is 39.5 Å². The van der Waals surface area contributed by atoms with Crippen molar-refractivity contribution in [3.8, 4) is 5.75 Å². The van der Waals surface area contributed by atoms with Crippen LogP contribution in [0.1, 0.15) is 44.3 Å². The molecule has 4 rings (SSSR count). The predicted molar refractivity (Wildman–Crippen MR) is 144 cm³/mol. The first-order chi connectivity index (χ1) is 18.0. The highest BCUT2D eigenvalue weighted by molar-refractivity contribution is 6.35. The standard InChI is InChI=1S/C29H21Cl3F3NO2/c1-17-14-20(28(37)36-16-18-2-7-21(8-3-18)29(33,34)35)6-13-26(17)38-27(19-4-9-22(30)10-5-19)24-12-11-23(31)15-25(24)32/h2-15,27H,16H2,1H3,(H,36,37). The van der Waals surface area contributed by atoms with Gasteiger partial charge in [-0.15, -0.1) is 0 Å². The molecule has 0 saturated heterocycles. The Hall–Kier alpha value is -3.19. The zero-order valence-corrected chi connectivity index (χ0v) is 22.2. The fourth-order valence-electron chi connectivity index (χ4n) is 3.81. The molecule has 0 saturated carbocycles. The molecule has 0 spiro atoms. The zero-order chi connectivity index (χ0) is 27.4. The summed E-state index contributed by atoms with van der Waals surface area (Å²) in [6.07, 6.45) is -4.98. The fourth-order valence-corrected chi connectivity index (χ4v) is 4.44. The fraction of sp³-hybridized carbons (Fsp3) is 0.138. The number of hydrogen-bond acceptors (Lipinski definition) is 2. The van der Waals surface area contributed by atoms with Crippen molar-refractivity contribution in [1.82, 2.24) is 5.32 Å². The highest BCUT2D eigenvalue weighted by Crippen LogP contribution is 2.36. The van der Waals surface area contributed by atoms with Crippen LogP contribution in [-0.4, -0.2) is 5.91 Å². The molecule has 0 fully saturated rings. The van der Waals surface area contributed by atoms with E-state index >= 15 is 0 Å². The predicted octanol–water partition coefficient (Wildman–Crippen LogP) is 9.07. The summed E-state index contributed by atoms with van der Waals surface area (Å²) in [6.45, 7) is 1.90. The van der Waals surface area contributed by atoms with Gasteiger partial charge < -0.3 is 10.1 Å². The molecule has 0 heterocycles. The molecule has 38 heavy (non-hydrogen) atoms. The Bertz CT molecular complexity index is 1440. The molecule has 9 heteroatoms. The van der Waals surface area contributed by atoms with E-state index in [0.29, 0.717) is 43.1 Å². The van der Waals surface area contributed by atoms with Crippen LogP contribution in [0, 0.1) is 6.92 Å². The third-order valence-corrected chi connectivity index (χ3v) is 6.65. The number of aryl methyl sites for hydroxylation is 1. The van der Waals surface area contributed by atoms with Crippen LogP contribution in [0.5, 0.6) is 5.75 Å². The number of halogens is 6. The lowest BCUT2D eigenvalue weighted by Gasteiger charge is -2.23. The van der Waals surface area contributed by atoms with Crippen LogP contribution in [-0.2, 0) is 12.7 Å².